The van der Waals surface area contributed by atoms with E-state index in [0.29, 0.717) is 43.4 Å². The van der Waals surface area contributed by atoms with Gasteiger partial charge in [-0.25, -0.2) is 4.68 Å². The monoisotopic (exact) mass is 492 g/mol. The van der Waals surface area contributed by atoms with Crippen molar-refractivity contribution in [2.75, 3.05) is 31.1 Å². The van der Waals surface area contributed by atoms with E-state index in [1.54, 1.807) is 34.1 Å². The topological polar surface area (TPSA) is 104 Å². The number of furan rings is 1. The van der Waals surface area contributed by atoms with E-state index in [1.807, 2.05) is 29.2 Å². The minimum absolute atomic E-state index is 0.0811. The van der Waals surface area contributed by atoms with Gasteiger partial charge < -0.3 is 18.6 Å². The van der Waals surface area contributed by atoms with E-state index in [1.165, 1.54) is 6.26 Å². The molecule has 5 rings (SSSR count). The summed E-state index contributed by atoms with van der Waals surface area (Å²) in [7, 11) is 0. The molecule has 160 valence electrons. The zero-order valence-corrected chi connectivity index (χ0v) is 18.4. The number of nitrogens with zero attached hydrogens (tertiary/aromatic N) is 6. The Kier molecular flexibility index (Phi) is 5.25. The highest BCUT2D eigenvalue weighted by Crippen LogP contribution is 2.29. The van der Waals surface area contributed by atoms with Gasteiger partial charge in [0, 0.05) is 36.8 Å². The molecule has 3 aromatic heterocycles. The summed E-state index contributed by atoms with van der Waals surface area (Å²) in [6, 6.07) is 13.2. The largest absolute Gasteiger partial charge is 0.459 e. The molecule has 0 unspecified atom stereocenters. The number of benzene rings is 1. The number of oxazole rings is 1. The van der Waals surface area contributed by atoms with Crippen molar-refractivity contribution >= 4 is 27.7 Å². The van der Waals surface area contributed by atoms with Crippen LogP contribution in [-0.4, -0.2) is 51.8 Å². The Hall–Kier alpha value is -3.84. The molecule has 4 aromatic rings. The number of hydrogen-bond donors (Lipinski definition) is 0. The first kappa shape index (κ1) is 20.1. The number of aromatic nitrogens is 3. The summed E-state index contributed by atoms with van der Waals surface area (Å²) in [5.41, 5.74) is 1.60. The molecule has 0 atom stereocenters. The second kappa shape index (κ2) is 8.36. The average Bonchev–Trinajstić information content (AvgIpc) is 3.59. The van der Waals surface area contributed by atoms with Crippen LogP contribution in [-0.2, 0) is 0 Å². The van der Waals surface area contributed by atoms with Crippen LogP contribution in [0.15, 0.2) is 68.4 Å². The van der Waals surface area contributed by atoms with Crippen molar-refractivity contribution in [3.8, 4) is 23.4 Å². The van der Waals surface area contributed by atoms with Gasteiger partial charge in [-0.2, -0.15) is 15.3 Å². The summed E-state index contributed by atoms with van der Waals surface area (Å²) in [5.74, 6) is 1.04. The molecule has 1 aromatic carbocycles. The molecule has 0 spiro atoms. The lowest BCUT2D eigenvalue weighted by atomic mass is 10.2. The van der Waals surface area contributed by atoms with Crippen LogP contribution in [0, 0.1) is 11.3 Å². The molecule has 1 saturated heterocycles. The van der Waals surface area contributed by atoms with Crippen LogP contribution in [0.4, 0.5) is 5.88 Å². The van der Waals surface area contributed by atoms with Crippen LogP contribution >= 0.6 is 15.9 Å². The third-order valence-corrected chi connectivity index (χ3v) is 5.75. The van der Waals surface area contributed by atoms with Crippen molar-refractivity contribution in [2.24, 2.45) is 0 Å². The third-order valence-electron chi connectivity index (χ3n) is 5.22. The highest BCUT2D eigenvalue weighted by molar-refractivity contribution is 9.10. The third kappa shape index (κ3) is 3.78. The lowest BCUT2D eigenvalue weighted by molar-refractivity contribution is 0.0745. The summed E-state index contributed by atoms with van der Waals surface area (Å²) >= 11 is 3.41. The second-order valence-corrected chi connectivity index (χ2v) is 8.11. The van der Waals surface area contributed by atoms with Gasteiger partial charge >= 0.3 is 0 Å². The fraction of sp³-hybridized carbons (Fsp3) is 0.182. The maximum atomic E-state index is 13.0. The summed E-state index contributed by atoms with van der Waals surface area (Å²) < 4.78 is 13.8. The predicted octanol–water partition coefficient (Wildman–Crippen LogP) is 3.72. The molecular weight excluding hydrogens is 476 g/mol. The van der Waals surface area contributed by atoms with Crippen molar-refractivity contribution in [2.45, 2.75) is 0 Å². The van der Waals surface area contributed by atoms with Crippen molar-refractivity contribution in [1.29, 1.82) is 5.26 Å². The molecule has 4 heterocycles. The van der Waals surface area contributed by atoms with E-state index >= 15 is 0 Å². The van der Waals surface area contributed by atoms with Gasteiger partial charge in [0.2, 0.25) is 11.6 Å². The molecule has 1 amide bonds. The smallest absolute Gasteiger partial charge is 0.266 e. The average molecular weight is 493 g/mol. The zero-order chi connectivity index (χ0) is 22.1. The first-order valence-corrected chi connectivity index (χ1v) is 10.7. The summed E-state index contributed by atoms with van der Waals surface area (Å²) in [5, 5.41) is 13.8. The van der Waals surface area contributed by atoms with Gasteiger partial charge in [0.15, 0.2) is 5.76 Å². The number of hydrogen-bond acceptors (Lipinski definition) is 7. The maximum absolute atomic E-state index is 13.0. The first-order valence-electron chi connectivity index (χ1n) is 9.92. The molecule has 0 bridgehead atoms. The Morgan fingerprint density at radius 2 is 1.91 bits per heavy atom. The summed E-state index contributed by atoms with van der Waals surface area (Å²) in [4.78, 5) is 20.9. The highest BCUT2D eigenvalue weighted by atomic mass is 79.9. The van der Waals surface area contributed by atoms with E-state index in [0.717, 1.165) is 10.2 Å². The number of halogens is 1. The molecule has 1 fully saturated rings. The predicted molar refractivity (Wildman–Crippen MR) is 118 cm³/mol. The molecule has 0 radical (unpaired) electrons. The number of carbonyl (C=O) groups excluding carboxylic acids is 1. The van der Waals surface area contributed by atoms with Gasteiger partial charge in [-0.1, -0.05) is 15.9 Å². The van der Waals surface area contributed by atoms with Crippen molar-refractivity contribution in [1.82, 2.24) is 19.7 Å². The van der Waals surface area contributed by atoms with Crippen molar-refractivity contribution in [3.63, 3.8) is 0 Å². The SMILES string of the molecule is N#Cc1nc(-c2ccco2)oc1N1CCN(C(=O)c2cnn(-c3ccc(Br)cc3)c2)CC1. The van der Waals surface area contributed by atoms with Gasteiger partial charge in [0.1, 0.15) is 6.07 Å². The Bertz CT molecular complexity index is 1280. The number of piperazine rings is 1. The quantitative estimate of drug-likeness (QED) is 0.427. The number of amides is 1. The number of anilines is 1. The molecule has 0 N–H and O–H groups in total. The fourth-order valence-corrected chi connectivity index (χ4v) is 3.83. The molecule has 10 heteroatoms. The molecule has 0 saturated carbocycles. The Labute approximate surface area is 191 Å². The van der Waals surface area contributed by atoms with Gasteiger partial charge in [-0.05, 0) is 36.4 Å². The number of nitriles is 1. The normalized spacial score (nSPS) is 13.9. The van der Waals surface area contributed by atoms with Crippen LogP contribution in [0.3, 0.4) is 0 Å². The summed E-state index contributed by atoms with van der Waals surface area (Å²) in [6.07, 6.45) is 4.84. The first-order chi connectivity index (χ1) is 15.6. The van der Waals surface area contributed by atoms with E-state index in [9.17, 15) is 10.1 Å². The number of carbonyl (C=O) groups is 1. The lowest BCUT2D eigenvalue weighted by Crippen LogP contribution is -2.48. The standard InChI is InChI=1S/C22H17BrN6O3/c23-16-3-5-17(6-4-16)29-14-15(13-25-29)21(30)27-7-9-28(10-8-27)22-18(12-24)26-20(32-22)19-2-1-11-31-19/h1-6,11,13-14H,7-10H2. The van der Waals surface area contributed by atoms with Crippen LogP contribution < -0.4 is 4.90 Å². The van der Waals surface area contributed by atoms with E-state index in [2.05, 4.69) is 32.1 Å². The molecule has 9 nitrogen and oxygen atoms in total. The molecule has 1 aliphatic heterocycles. The zero-order valence-electron chi connectivity index (χ0n) is 16.8. The minimum atomic E-state index is -0.0811. The van der Waals surface area contributed by atoms with Crippen LogP contribution in [0.1, 0.15) is 16.1 Å². The van der Waals surface area contributed by atoms with Gasteiger partial charge in [-0.15, -0.1) is 0 Å². The molecular formula is C22H17BrN6O3. The second-order valence-electron chi connectivity index (χ2n) is 7.19. The van der Waals surface area contributed by atoms with Crippen molar-refractivity contribution in [3.05, 3.63) is 70.8 Å². The minimum Gasteiger partial charge on any atom is -0.459 e. The van der Waals surface area contributed by atoms with E-state index in [4.69, 9.17) is 8.83 Å². The lowest BCUT2D eigenvalue weighted by Gasteiger charge is -2.34. The number of rotatable bonds is 4. The highest BCUT2D eigenvalue weighted by Gasteiger charge is 2.28. The van der Waals surface area contributed by atoms with Gasteiger partial charge in [-0.3, -0.25) is 4.79 Å². The fourth-order valence-electron chi connectivity index (χ4n) is 3.57. The van der Waals surface area contributed by atoms with E-state index < -0.39 is 0 Å². The van der Waals surface area contributed by atoms with Gasteiger partial charge in [0.05, 0.1) is 23.7 Å². The van der Waals surface area contributed by atoms with Gasteiger partial charge in [0.25, 0.3) is 11.8 Å². The Morgan fingerprint density at radius 1 is 1.12 bits per heavy atom. The van der Waals surface area contributed by atoms with Crippen molar-refractivity contribution < 1.29 is 13.6 Å². The molecule has 0 aliphatic carbocycles. The summed E-state index contributed by atoms with van der Waals surface area (Å²) in [6.45, 7) is 2.02. The van der Waals surface area contributed by atoms with Crippen LogP contribution in [0.25, 0.3) is 17.3 Å². The Morgan fingerprint density at radius 3 is 2.59 bits per heavy atom. The van der Waals surface area contributed by atoms with E-state index in [-0.39, 0.29) is 17.5 Å². The Balaban J connectivity index is 1.27. The maximum Gasteiger partial charge on any atom is 0.266 e. The molecule has 1 aliphatic rings. The molecule has 32 heavy (non-hydrogen) atoms. The van der Waals surface area contributed by atoms with Crippen LogP contribution in [0.5, 0.6) is 0 Å². The van der Waals surface area contributed by atoms with Crippen LogP contribution in [0.2, 0.25) is 0 Å².